The molecule has 0 aliphatic carbocycles. The van der Waals surface area contributed by atoms with Crippen LogP contribution in [-0.4, -0.2) is 7.11 Å². The van der Waals surface area contributed by atoms with Crippen molar-refractivity contribution in [3.8, 4) is 5.75 Å². The van der Waals surface area contributed by atoms with Gasteiger partial charge in [-0.1, -0.05) is 12.1 Å². The Morgan fingerprint density at radius 1 is 0.952 bits per heavy atom. The number of methoxy groups -OCH3 is 1. The van der Waals surface area contributed by atoms with Crippen LogP contribution in [0.15, 0.2) is 48.5 Å². The standard InChI is InChI=1S/C16H16F3NO/c1-11(20-14-7-9-15(21-2)10-8-14)12-3-5-13(6-4-12)16(17,18)19/h3-11,20H,1-2H3/t11-/m1/s1. The molecular formula is C16H16F3NO. The van der Waals surface area contributed by atoms with E-state index in [1.54, 1.807) is 7.11 Å². The second-order valence-electron chi connectivity index (χ2n) is 4.71. The van der Waals surface area contributed by atoms with Crippen molar-refractivity contribution >= 4 is 5.69 Å². The summed E-state index contributed by atoms with van der Waals surface area (Å²) in [6, 6.07) is 12.4. The van der Waals surface area contributed by atoms with Crippen LogP contribution in [0.3, 0.4) is 0 Å². The maximum atomic E-state index is 12.5. The predicted octanol–water partition coefficient (Wildman–Crippen LogP) is 4.89. The highest BCUT2D eigenvalue weighted by Crippen LogP contribution is 2.30. The fourth-order valence-electron chi connectivity index (χ4n) is 1.98. The van der Waals surface area contributed by atoms with Gasteiger partial charge in [0, 0.05) is 11.7 Å². The molecule has 2 rings (SSSR count). The Morgan fingerprint density at radius 3 is 2.00 bits per heavy atom. The number of alkyl halides is 3. The first-order valence-corrected chi connectivity index (χ1v) is 6.48. The van der Waals surface area contributed by atoms with Crippen LogP contribution in [0.2, 0.25) is 0 Å². The zero-order valence-corrected chi connectivity index (χ0v) is 11.7. The van der Waals surface area contributed by atoms with Gasteiger partial charge in [-0.2, -0.15) is 13.2 Å². The van der Waals surface area contributed by atoms with Gasteiger partial charge in [0.2, 0.25) is 0 Å². The lowest BCUT2D eigenvalue weighted by atomic mass is 10.1. The van der Waals surface area contributed by atoms with Gasteiger partial charge in [-0.05, 0) is 48.9 Å². The van der Waals surface area contributed by atoms with Gasteiger partial charge in [0.25, 0.3) is 0 Å². The van der Waals surface area contributed by atoms with Crippen molar-refractivity contribution in [1.29, 1.82) is 0 Å². The average molecular weight is 295 g/mol. The lowest BCUT2D eigenvalue weighted by molar-refractivity contribution is -0.137. The minimum Gasteiger partial charge on any atom is -0.497 e. The van der Waals surface area contributed by atoms with E-state index >= 15 is 0 Å². The summed E-state index contributed by atoms with van der Waals surface area (Å²) in [5.41, 5.74) is 1.03. The molecule has 0 heterocycles. The molecule has 5 heteroatoms. The molecule has 0 aliphatic heterocycles. The van der Waals surface area contributed by atoms with E-state index in [1.807, 2.05) is 31.2 Å². The third kappa shape index (κ3) is 3.90. The Hall–Kier alpha value is -2.17. The third-order valence-corrected chi connectivity index (χ3v) is 3.21. The van der Waals surface area contributed by atoms with E-state index in [4.69, 9.17) is 4.74 Å². The van der Waals surface area contributed by atoms with E-state index in [0.29, 0.717) is 0 Å². The van der Waals surface area contributed by atoms with Gasteiger partial charge < -0.3 is 10.1 Å². The number of benzene rings is 2. The molecule has 1 atom stereocenters. The van der Waals surface area contributed by atoms with Crippen molar-refractivity contribution in [2.24, 2.45) is 0 Å². The predicted molar refractivity (Wildman–Crippen MR) is 76.5 cm³/mol. The van der Waals surface area contributed by atoms with Crippen LogP contribution in [0, 0.1) is 0 Å². The van der Waals surface area contributed by atoms with Crippen molar-refractivity contribution in [3.05, 3.63) is 59.7 Å². The van der Waals surface area contributed by atoms with Gasteiger partial charge in [-0.25, -0.2) is 0 Å². The van der Waals surface area contributed by atoms with Gasteiger partial charge in [-0.3, -0.25) is 0 Å². The summed E-state index contributed by atoms with van der Waals surface area (Å²) in [5.74, 6) is 0.753. The molecule has 112 valence electrons. The largest absolute Gasteiger partial charge is 0.497 e. The number of hydrogen-bond donors (Lipinski definition) is 1. The van der Waals surface area contributed by atoms with Crippen LogP contribution < -0.4 is 10.1 Å². The molecule has 0 bridgehead atoms. The molecule has 2 aromatic carbocycles. The van der Waals surface area contributed by atoms with Gasteiger partial charge in [-0.15, -0.1) is 0 Å². The molecule has 21 heavy (non-hydrogen) atoms. The second-order valence-corrected chi connectivity index (χ2v) is 4.71. The quantitative estimate of drug-likeness (QED) is 0.867. The highest BCUT2D eigenvalue weighted by Gasteiger charge is 2.30. The van der Waals surface area contributed by atoms with Crippen molar-refractivity contribution in [3.63, 3.8) is 0 Å². The van der Waals surface area contributed by atoms with Gasteiger partial charge >= 0.3 is 6.18 Å². The first-order valence-electron chi connectivity index (χ1n) is 6.48. The van der Waals surface area contributed by atoms with Crippen molar-refractivity contribution in [2.75, 3.05) is 12.4 Å². The van der Waals surface area contributed by atoms with Crippen LogP contribution in [0.25, 0.3) is 0 Å². The van der Waals surface area contributed by atoms with E-state index in [1.165, 1.54) is 12.1 Å². The number of rotatable bonds is 4. The number of halogens is 3. The number of nitrogens with one attached hydrogen (secondary N) is 1. The van der Waals surface area contributed by atoms with E-state index in [-0.39, 0.29) is 6.04 Å². The summed E-state index contributed by atoms with van der Waals surface area (Å²) >= 11 is 0. The summed E-state index contributed by atoms with van der Waals surface area (Å²) in [5, 5.41) is 3.23. The molecular weight excluding hydrogens is 279 g/mol. The molecule has 0 radical (unpaired) electrons. The SMILES string of the molecule is COc1ccc(N[C@H](C)c2ccc(C(F)(F)F)cc2)cc1. The molecule has 1 N–H and O–H groups in total. The van der Waals surface area contributed by atoms with E-state index in [2.05, 4.69) is 5.32 Å². The summed E-state index contributed by atoms with van der Waals surface area (Å²) in [6.45, 7) is 1.90. The topological polar surface area (TPSA) is 21.3 Å². The zero-order valence-electron chi connectivity index (χ0n) is 11.7. The number of ether oxygens (including phenoxy) is 1. The highest BCUT2D eigenvalue weighted by molar-refractivity contribution is 5.48. The van der Waals surface area contributed by atoms with E-state index < -0.39 is 11.7 Å². The molecule has 0 saturated carbocycles. The normalized spacial score (nSPS) is 12.8. The van der Waals surface area contributed by atoms with Gasteiger partial charge in [0.15, 0.2) is 0 Å². The number of hydrogen-bond acceptors (Lipinski definition) is 2. The van der Waals surface area contributed by atoms with Gasteiger partial charge in [0.1, 0.15) is 5.75 Å². The maximum absolute atomic E-state index is 12.5. The fraction of sp³-hybridized carbons (Fsp3) is 0.250. The molecule has 0 amide bonds. The molecule has 0 fully saturated rings. The Labute approximate surface area is 121 Å². The Bertz CT molecular complexity index is 576. The van der Waals surface area contributed by atoms with Crippen LogP contribution in [0.1, 0.15) is 24.1 Å². The lowest BCUT2D eigenvalue weighted by Crippen LogP contribution is -2.08. The summed E-state index contributed by atoms with van der Waals surface area (Å²) in [4.78, 5) is 0. The van der Waals surface area contributed by atoms with Crippen molar-refractivity contribution in [1.82, 2.24) is 0 Å². The minimum atomic E-state index is -4.30. The minimum absolute atomic E-state index is 0.0966. The van der Waals surface area contributed by atoms with Crippen LogP contribution >= 0.6 is 0 Å². The van der Waals surface area contributed by atoms with Gasteiger partial charge in [0.05, 0.1) is 12.7 Å². The van der Waals surface area contributed by atoms with Crippen molar-refractivity contribution < 1.29 is 17.9 Å². The highest BCUT2D eigenvalue weighted by atomic mass is 19.4. The van der Waals surface area contributed by atoms with E-state index in [0.717, 1.165) is 29.1 Å². The van der Waals surface area contributed by atoms with Crippen LogP contribution in [-0.2, 0) is 6.18 Å². The maximum Gasteiger partial charge on any atom is 0.416 e. The average Bonchev–Trinajstić information content (AvgIpc) is 2.47. The third-order valence-electron chi connectivity index (χ3n) is 3.21. The molecule has 0 aliphatic rings. The first-order chi connectivity index (χ1) is 9.90. The first kappa shape index (κ1) is 15.2. The molecule has 0 saturated heterocycles. The summed E-state index contributed by atoms with van der Waals surface area (Å²) in [7, 11) is 1.59. The monoisotopic (exact) mass is 295 g/mol. The Kier molecular flexibility index (Phi) is 4.40. The molecule has 0 unspecified atom stereocenters. The fourth-order valence-corrected chi connectivity index (χ4v) is 1.98. The molecule has 0 spiro atoms. The molecule has 0 aromatic heterocycles. The Morgan fingerprint density at radius 2 is 1.52 bits per heavy atom. The van der Waals surface area contributed by atoms with Crippen LogP contribution in [0.5, 0.6) is 5.75 Å². The second kappa shape index (κ2) is 6.08. The summed E-state index contributed by atoms with van der Waals surface area (Å²) < 4.78 is 42.6. The smallest absolute Gasteiger partial charge is 0.416 e. The molecule has 2 nitrogen and oxygen atoms in total. The number of anilines is 1. The lowest BCUT2D eigenvalue weighted by Gasteiger charge is -2.17. The Balaban J connectivity index is 2.07. The van der Waals surface area contributed by atoms with Crippen LogP contribution in [0.4, 0.5) is 18.9 Å². The summed E-state index contributed by atoms with van der Waals surface area (Å²) in [6.07, 6.45) is -4.30. The van der Waals surface area contributed by atoms with Crippen molar-refractivity contribution in [2.45, 2.75) is 19.1 Å². The van der Waals surface area contributed by atoms with E-state index in [9.17, 15) is 13.2 Å². The molecule has 2 aromatic rings. The zero-order chi connectivity index (χ0) is 15.5.